The van der Waals surface area contributed by atoms with E-state index in [1.807, 2.05) is 30.3 Å². The zero-order valence-corrected chi connectivity index (χ0v) is 18.7. The topological polar surface area (TPSA) is 61.8 Å². The van der Waals surface area contributed by atoms with E-state index in [0.29, 0.717) is 12.8 Å². The molecule has 1 saturated heterocycles. The lowest BCUT2D eigenvalue weighted by molar-refractivity contribution is 0.0637. The van der Waals surface area contributed by atoms with Crippen molar-refractivity contribution in [1.29, 1.82) is 0 Å². The lowest BCUT2D eigenvalue weighted by atomic mass is 9.88. The minimum absolute atomic E-state index is 0.0287. The summed E-state index contributed by atoms with van der Waals surface area (Å²) in [5, 5.41) is 13.1. The maximum atomic E-state index is 12.8. The quantitative estimate of drug-likeness (QED) is 0.588. The Kier molecular flexibility index (Phi) is 6.16. The number of fused-ring (bicyclic) bond motifs is 3. The van der Waals surface area contributed by atoms with E-state index in [-0.39, 0.29) is 19.1 Å². The van der Waals surface area contributed by atoms with Crippen molar-refractivity contribution in [2.45, 2.75) is 30.8 Å². The second kappa shape index (κ2) is 9.38. The molecule has 2 aliphatic rings. The molecule has 0 aromatic heterocycles. The van der Waals surface area contributed by atoms with Gasteiger partial charge < -0.3 is 15.2 Å². The monoisotopic (exact) mass is 442 g/mol. The SMILES string of the molecule is O=C(NC1(CO)CCN(Cc2ccccc2)CC1)OCC1c2ccccc2-c2ccccc21. The normalized spacial score (nSPS) is 17.2. The van der Waals surface area contributed by atoms with Crippen LogP contribution in [0, 0.1) is 0 Å². The zero-order chi connectivity index (χ0) is 22.7. The summed E-state index contributed by atoms with van der Waals surface area (Å²) >= 11 is 0. The van der Waals surface area contributed by atoms with Crippen LogP contribution in [0.4, 0.5) is 4.79 Å². The number of alkyl carbamates (subject to hydrolysis) is 1. The van der Waals surface area contributed by atoms with Gasteiger partial charge in [-0.1, -0.05) is 78.9 Å². The average molecular weight is 443 g/mol. The predicted octanol–water partition coefficient (Wildman–Crippen LogP) is 4.55. The average Bonchev–Trinajstić information content (AvgIpc) is 3.18. The Morgan fingerprint density at radius 3 is 2.09 bits per heavy atom. The van der Waals surface area contributed by atoms with Crippen molar-refractivity contribution in [2.75, 3.05) is 26.3 Å². The Morgan fingerprint density at radius 1 is 0.909 bits per heavy atom. The Morgan fingerprint density at radius 2 is 1.48 bits per heavy atom. The second-order valence-electron chi connectivity index (χ2n) is 9.15. The number of benzene rings is 3. The van der Waals surface area contributed by atoms with Crippen molar-refractivity contribution in [2.24, 2.45) is 0 Å². The molecule has 1 fully saturated rings. The first kappa shape index (κ1) is 21.7. The lowest BCUT2D eigenvalue weighted by Crippen LogP contribution is -2.57. The van der Waals surface area contributed by atoms with Gasteiger partial charge in [-0.2, -0.15) is 0 Å². The first-order chi connectivity index (χ1) is 16.2. The van der Waals surface area contributed by atoms with Gasteiger partial charge in [-0.05, 0) is 40.7 Å². The van der Waals surface area contributed by atoms with Crippen molar-refractivity contribution < 1.29 is 14.6 Å². The molecule has 0 saturated carbocycles. The molecule has 3 aromatic carbocycles. The van der Waals surface area contributed by atoms with Crippen molar-refractivity contribution in [3.63, 3.8) is 0 Å². The van der Waals surface area contributed by atoms with Gasteiger partial charge in [-0.3, -0.25) is 4.90 Å². The number of rotatable bonds is 6. The van der Waals surface area contributed by atoms with Gasteiger partial charge in [0, 0.05) is 25.6 Å². The molecule has 0 unspecified atom stereocenters. The molecule has 5 heteroatoms. The number of carbonyl (C=O) groups excluding carboxylic acids is 1. The third kappa shape index (κ3) is 4.52. The molecule has 2 N–H and O–H groups in total. The van der Waals surface area contributed by atoms with Crippen molar-refractivity contribution in [1.82, 2.24) is 10.2 Å². The Labute approximate surface area is 195 Å². The number of aliphatic hydroxyl groups excluding tert-OH is 1. The van der Waals surface area contributed by atoms with E-state index in [0.717, 1.165) is 19.6 Å². The maximum absolute atomic E-state index is 12.8. The Hall–Kier alpha value is -3.15. The highest BCUT2D eigenvalue weighted by Gasteiger charge is 2.36. The van der Waals surface area contributed by atoms with Crippen molar-refractivity contribution >= 4 is 6.09 Å². The summed E-state index contributed by atoms with van der Waals surface area (Å²) in [6, 6.07) is 27.0. The number of aliphatic hydroxyl groups is 1. The van der Waals surface area contributed by atoms with E-state index in [1.54, 1.807) is 0 Å². The minimum Gasteiger partial charge on any atom is -0.449 e. The highest BCUT2D eigenvalue weighted by atomic mass is 16.5. The van der Waals surface area contributed by atoms with Crippen molar-refractivity contribution in [3.8, 4) is 11.1 Å². The van der Waals surface area contributed by atoms with Crippen LogP contribution in [0.25, 0.3) is 11.1 Å². The standard InChI is InChI=1S/C28H30N2O3/c31-20-28(14-16-30(17-15-28)18-21-8-2-1-3-9-21)29-27(32)33-19-26-24-12-6-4-10-22(24)23-11-5-7-13-25(23)26/h1-13,26,31H,14-20H2,(H,29,32). The fourth-order valence-electron chi connectivity index (χ4n) is 5.15. The number of carbonyl (C=O) groups is 1. The molecular formula is C28H30N2O3. The molecule has 1 heterocycles. The summed E-state index contributed by atoms with van der Waals surface area (Å²) < 4.78 is 5.72. The van der Waals surface area contributed by atoms with E-state index in [1.165, 1.54) is 27.8 Å². The van der Waals surface area contributed by atoms with Gasteiger partial charge in [0.05, 0.1) is 12.1 Å². The van der Waals surface area contributed by atoms with Crippen LogP contribution in [0.2, 0.25) is 0 Å². The molecule has 0 radical (unpaired) electrons. The fraction of sp³-hybridized carbons (Fsp3) is 0.321. The van der Waals surface area contributed by atoms with E-state index < -0.39 is 11.6 Å². The highest BCUT2D eigenvalue weighted by Crippen LogP contribution is 2.44. The number of piperidine rings is 1. The summed E-state index contributed by atoms with van der Waals surface area (Å²) in [4.78, 5) is 15.1. The van der Waals surface area contributed by atoms with Gasteiger partial charge in [-0.25, -0.2) is 4.79 Å². The van der Waals surface area contributed by atoms with Crippen molar-refractivity contribution in [3.05, 3.63) is 95.6 Å². The summed E-state index contributed by atoms with van der Waals surface area (Å²) in [6.07, 6.45) is 0.934. The molecule has 170 valence electrons. The van der Waals surface area contributed by atoms with Gasteiger partial charge in [-0.15, -0.1) is 0 Å². The zero-order valence-electron chi connectivity index (χ0n) is 18.7. The van der Waals surface area contributed by atoms with Gasteiger partial charge in [0.2, 0.25) is 0 Å². The molecule has 33 heavy (non-hydrogen) atoms. The van der Waals surface area contributed by atoms with Gasteiger partial charge in [0.1, 0.15) is 6.61 Å². The van der Waals surface area contributed by atoms with E-state index in [9.17, 15) is 9.90 Å². The van der Waals surface area contributed by atoms with E-state index in [4.69, 9.17) is 4.74 Å². The molecule has 0 spiro atoms. The number of ether oxygens (including phenoxy) is 1. The molecular weight excluding hydrogens is 412 g/mol. The van der Waals surface area contributed by atoms with Crippen LogP contribution in [-0.2, 0) is 11.3 Å². The smallest absolute Gasteiger partial charge is 0.407 e. The molecule has 1 aliphatic heterocycles. The summed E-state index contributed by atoms with van der Waals surface area (Å²) in [6.45, 7) is 2.71. The summed E-state index contributed by atoms with van der Waals surface area (Å²) in [7, 11) is 0. The molecule has 5 rings (SSSR count). The molecule has 1 aliphatic carbocycles. The largest absolute Gasteiger partial charge is 0.449 e. The summed E-state index contributed by atoms with van der Waals surface area (Å²) in [5.41, 5.74) is 5.45. The number of hydrogen-bond acceptors (Lipinski definition) is 4. The number of nitrogens with zero attached hydrogens (tertiary/aromatic N) is 1. The van der Waals surface area contributed by atoms with E-state index in [2.05, 4.69) is 58.7 Å². The van der Waals surface area contributed by atoms with Crippen LogP contribution in [0.15, 0.2) is 78.9 Å². The third-order valence-corrected chi connectivity index (χ3v) is 7.08. The van der Waals surface area contributed by atoms with Crippen LogP contribution in [0.5, 0.6) is 0 Å². The highest BCUT2D eigenvalue weighted by molar-refractivity contribution is 5.79. The minimum atomic E-state index is -0.629. The van der Waals surface area contributed by atoms with Crippen LogP contribution in [0.3, 0.4) is 0 Å². The maximum Gasteiger partial charge on any atom is 0.407 e. The van der Waals surface area contributed by atoms with Crippen LogP contribution in [0.1, 0.15) is 35.4 Å². The number of hydrogen-bond donors (Lipinski definition) is 2. The first-order valence-electron chi connectivity index (χ1n) is 11.7. The van der Waals surface area contributed by atoms with Gasteiger partial charge >= 0.3 is 6.09 Å². The summed E-state index contributed by atoms with van der Waals surface area (Å²) in [5.74, 6) is 0.0287. The first-order valence-corrected chi connectivity index (χ1v) is 11.7. The second-order valence-corrected chi connectivity index (χ2v) is 9.15. The van der Waals surface area contributed by atoms with Gasteiger partial charge in [0.25, 0.3) is 0 Å². The number of likely N-dealkylation sites (tertiary alicyclic amines) is 1. The number of amides is 1. The van der Waals surface area contributed by atoms with Crippen LogP contribution in [-0.4, -0.2) is 47.9 Å². The fourth-order valence-corrected chi connectivity index (χ4v) is 5.15. The van der Waals surface area contributed by atoms with Gasteiger partial charge in [0.15, 0.2) is 0 Å². The van der Waals surface area contributed by atoms with E-state index >= 15 is 0 Å². The predicted molar refractivity (Wildman–Crippen MR) is 129 cm³/mol. The molecule has 1 amide bonds. The number of nitrogens with one attached hydrogen (secondary N) is 1. The lowest BCUT2D eigenvalue weighted by Gasteiger charge is -2.41. The molecule has 3 aromatic rings. The van der Waals surface area contributed by atoms with Crippen LogP contribution < -0.4 is 5.32 Å². The molecule has 5 nitrogen and oxygen atoms in total. The Bertz CT molecular complexity index is 1060. The molecule has 0 bridgehead atoms. The molecule has 0 atom stereocenters. The Balaban J connectivity index is 1.19. The third-order valence-electron chi connectivity index (χ3n) is 7.08. The van der Waals surface area contributed by atoms with Crippen LogP contribution >= 0.6 is 0 Å².